The van der Waals surface area contributed by atoms with E-state index in [9.17, 15) is 0 Å². The van der Waals surface area contributed by atoms with Gasteiger partial charge in [0.1, 0.15) is 0 Å². The van der Waals surface area contributed by atoms with Gasteiger partial charge in [-0.15, -0.1) is 0 Å². The molecule has 0 saturated heterocycles. The summed E-state index contributed by atoms with van der Waals surface area (Å²) in [5.41, 5.74) is 8.15. The van der Waals surface area contributed by atoms with Crippen molar-refractivity contribution in [2.24, 2.45) is 5.73 Å². The molecule has 1 heterocycles. The number of aromatic nitrogens is 2. The lowest BCUT2D eigenvalue weighted by Crippen LogP contribution is -2.24. The molecule has 2 aromatic rings. The molecule has 2 N–H and O–H groups in total. The van der Waals surface area contributed by atoms with Crippen LogP contribution in [0.3, 0.4) is 0 Å². The van der Waals surface area contributed by atoms with Gasteiger partial charge in [-0.3, -0.25) is 4.98 Å². The molecule has 1 aromatic heterocycles. The number of ether oxygens (including phenoxy) is 1. The SMILES string of the molecule is CCN(Cc1ccccc1CN)c1cncc(OC)n1. The summed E-state index contributed by atoms with van der Waals surface area (Å²) >= 11 is 0. The largest absolute Gasteiger partial charge is 0.480 e. The Morgan fingerprint density at radius 1 is 1.20 bits per heavy atom. The number of nitrogens with zero attached hydrogens (tertiary/aromatic N) is 3. The van der Waals surface area contributed by atoms with E-state index in [1.54, 1.807) is 19.5 Å². The zero-order valence-corrected chi connectivity index (χ0v) is 11.9. The lowest BCUT2D eigenvalue weighted by molar-refractivity contribution is 0.395. The Kier molecular flexibility index (Phi) is 4.90. The van der Waals surface area contributed by atoms with Crippen LogP contribution in [0.15, 0.2) is 36.7 Å². The van der Waals surface area contributed by atoms with Crippen molar-refractivity contribution in [3.8, 4) is 5.88 Å². The van der Waals surface area contributed by atoms with Crippen LogP contribution in [0.5, 0.6) is 5.88 Å². The first-order chi connectivity index (χ1) is 9.78. The number of methoxy groups -OCH3 is 1. The van der Waals surface area contributed by atoms with Crippen molar-refractivity contribution in [3.05, 3.63) is 47.8 Å². The molecule has 0 radical (unpaired) electrons. The van der Waals surface area contributed by atoms with E-state index in [4.69, 9.17) is 10.5 Å². The van der Waals surface area contributed by atoms with Crippen LogP contribution in [0.1, 0.15) is 18.1 Å². The van der Waals surface area contributed by atoms with E-state index in [2.05, 4.69) is 33.9 Å². The van der Waals surface area contributed by atoms with Gasteiger partial charge < -0.3 is 15.4 Å². The third kappa shape index (κ3) is 3.24. The highest BCUT2D eigenvalue weighted by molar-refractivity contribution is 5.40. The normalized spacial score (nSPS) is 10.3. The molecule has 0 atom stereocenters. The Morgan fingerprint density at radius 2 is 1.95 bits per heavy atom. The minimum Gasteiger partial charge on any atom is -0.480 e. The Morgan fingerprint density at radius 3 is 2.60 bits per heavy atom. The van der Waals surface area contributed by atoms with Gasteiger partial charge in [-0.25, -0.2) is 0 Å². The average Bonchev–Trinajstić information content (AvgIpc) is 2.53. The first kappa shape index (κ1) is 14.3. The highest BCUT2D eigenvalue weighted by Gasteiger charge is 2.10. The van der Waals surface area contributed by atoms with E-state index in [1.165, 1.54) is 5.56 Å². The molecule has 5 heteroatoms. The van der Waals surface area contributed by atoms with Gasteiger partial charge in [0.25, 0.3) is 0 Å². The first-order valence-electron chi connectivity index (χ1n) is 6.66. The van der Waals surface area contributed by atoms with Gasteiger partial charge in [0.2, 0.25) is 5.88 Å². The maximum absolute atomic E-state index is 5.79. The standard InChI is InChI=1S/C15H20N4O/c1-3-19(14-9-17-10-15(18-14)20-2)11-13-7-5-4-6-12(13)8-16/h4-7,9-10H,3,8,11,16H2,1-2H3. The molecule has 20 heavy (non-hydrogen) atoms. The van der Waals surface area contributed by atoms with E-state index in [0.29, 0.717) is 12.4 Å². The molecule has 2 rings (SSSR count). The second kappa shape index (κ2) is 6.86. The molecule has 0 spiro atoms. The Bertz CT molecular complexity index is 559. The van der Waals surface area contributed by atoms with E-state index in [-0.39, 0.29) is 0 Å². The van der Waals surface area contributed by atoms with Crippen LogP contribution in [0, 0.1) is 0 Å². The number of hydrogen-bond acceptors (Lipinski definition) is 5. The molecule has 0 unspecified atom stereocenters. The summed E-state index contributed by atoms with van der Waals surface area (Å²) in [4.78, 5) is 10.7. The topological polar surface area (TPSA) is 64.3 Å². The summed E-state index contributed by atoms with van der Waals surface area (Å²) in [6, 6.07) is 8.19. The van der Waals surface area contributed by atoms with Crippen molar-refractivity contribution in [1.82, 2.24) is 9.97 Å². The first-order valence-corrected chi connectivity index (χ1v) is 6.66. The van der Waals surface area contributed by atoms with E-state index >= 15 is 0 Å². The van der Waals surface area contributed by atoms with Crippen LogP contribution in [0.4, 0.5) is 5.82 Å². The smallest absolute Gasteiger partial charge is 0.233 e. The fraction of sp³-hybridized carbons (Fsp3) is 0.333. The highest BCUT2D eigenvalue weighted by Crippen LogP contribution is 2.18. The van der Waals surface area contributed by atoms with Crippen molar-refractivity contribution >= 4 is 5.82 Å². The molecule has 0 aliphatic carbocycles. The van der Waals surface area contributed by atoms with Crippen molar-refractivity contribution in [2.45, 2.75) is 20.0 Å². The molecule has 0 amide bonds. The molecule has 0 aliphatic rings. The minimum atomic E-state index is 0.521. The molecule has 0 aliphatic heterocycles. The molecule has 0 fully saturated rings. The highest BCUT2D eigenvalue weighted by atomic mass is 16.5. The van der Waals surface area contributed by atoms with Gasteiger partial charge in [-0.05, 0) is 18.1 Å². The summed E-state index contributed by atoms with van der Waals surface area (Å²) in [5, 5.41) is 0. The monoisotopic (exact) mass is 272 g/mol. The fourth-order valence-electron chi connectivity index (χ4n) is 2.06. The van der Waals surface area contributed by atoms with Crippen molar-refractivity contribution in [2.75, 3.05) is 18.6 Å². The molecule has 0 bridgehead atoms. The van der Waals surface area contributed by atoms with Crippen LogP contribution in [-0.4, -0.2) is 23.6 Å². The molecule has 5 nitrogen and oxygen atoms in total. The fourth-order valence-corrected chi connectivity index (χ4v) is 2.06. The maximum atomic E-state index is 5.79. The van der Waals surface area contributed by atoms with Crippen molar-refractivity contribution < 1.29 is 4.74 Å². The third-order valence-electron chi connectivity index (χ3n) is 3.21. The number of hydrogen-bond donors (Lipinski definition) is 1. The summed E-state index contributed by atoms with van der Waals surface area (Å²) in [6.07, 6.45) is 3.35. The predicted molar refractivity (Wildman–Crippen MR) is 79.6 cm³/mol. The Balaban J connectivity index is 2.24. The van der Waals surface area contributed by atoms with Crippen LogP contribution < -0.4 is 15.4 Å². The van der Waals surface area contributed by atoms with Gasteiger partial charge >= 0.3 is 0 Å². The van der Waals surface area contributed by atoms with Gasteiger partial charge in [-0.1, -0.05) is 24.3 Å². The number of nitrogens with two attached hydrogens (primary N) is 1. The third-order valence-corrected chi connectivity index (χ3v) is 3.21. The zero-order chi connectivity index (χ0) is 14.4. The molecule has 0 saturated carbocycles. The summed E-state index contributed by atoms with van der Waals surface area (Å²) in [7, 11) is 1.59. The molecule has 106 valence electrons. The number of anilines is 1. The lowest BCUT2D eigenvalue weighted by atomic mass is 10.1. The van der Waals surface area contributed by atoms with Crippen LogP contribution in [0.2, 0.25) is 0 Å². The average molecular weight is 272 g/mol. The van der Waals surface area contributed by atoms with E-state index in [0.717, 1.165) is 24.5 Å². The van der Waals surface area contributed by atoms with Gasteiger partial charge in [0.15, 0.2) is 5.82 Å². The zero-order valence-electron chi connectivity index (χ0n) is 11.9. The quantitative estimate of drug-likeness (QED) is 0.871. The van der Waals surface area contributed by atoms with Gasteiger partial charge in [0.05, 0.1) is 19.5 Å². The van der Waals surface area contributed by atoms with Crippen molar-refractivity contribution in [1.29, 1.82) is 0 Å². The van der Waals surface area contributed by atoms with E-state index < -0.39 is 0 Å². The van der Waals surface area contributed by atoms with E-state index in [1.807, 2.05) is 12.1 Å². The summed E-state index contributed by atoms with van der Waals surface area (Å²) in [5.74, 6) is 1.33. The lowest BCUT2D eigenvalue weighted by Gasteiger charge is -2.23. The van der Waals surface area contributed by atoms with Crippen LogP contribution in [-0.2, 0) is 13.1 Å². The van der Waals surface area contributed by atoms with Crippen molar-refractivity contribution in [3.63, 3.8) is 0 Å². The Labute approximate surface area is 119 Å². The predicted octanol–water partition coefficient (Wildman–Crippen LogP) is 1.97. The van der Waals surface area contributed by atoms with Crippen LogP contribution >= 0.6 is 0 Å². The molecular formula is C15H20N4O. The second-order valence-electron chi connectivity index (χ2n) is 4.41. The van der Waals surface area contributed by atoms with Crippen LogP contribution in [0.25, 0.3) is 0 Å². The van der Waals surface area contributed by atoms with Gasteiger partial charge in [-0.2, -0.15) is 4.98 Å². The minimum absolute atomic E-state index is 0.521. The second-order valence-corrected chi connectivity index (χ2v) is 4.41. The summed E-state index contributed by atoms with van der Waals surface area (Å²) in [6.45, 7) is 4.22. The summed E-state index contributed by atoms with van der Waals surface area (Å²) < 4.78 is 5.12. The Hall–Kier alpha value is -2.14. The molecular weight excluding hydrogens is 252 g/mol. The number of benzene rings is 1. The maximum Gasteiger partial charge on any atom is 0.233 e. The van der Waals surface area contributed by atoms with Gasteiger partial charge in [0, 0.05) is 19.6 Å². The number of rotatable bonds is 6. The molecule has 1 aromatic carbocycles.